The third kappa shape index (κ3) is 9.73. The number of rotatable bonds is 14. The van der Waals surface area contributed by atoms with Crippen LogP contribution in [0.4, 0.5) is 0 Å². The zero-order chi connectivity index (χ0) is 27.3. The lowest BCUT2D eigenvalue weighted by Gasteiger charge is -2.32. The van der Waals surface area contributed by atoms with E-state index in [1.165, 1.54) is 0 Å². The van der Waals surface area contributed by atoms with Crippen LogP contribution >= 0.6 is 23.4 Å². The van der Waals surface area contributed by atoms with Gasteiger partial charge < -0.3 is 15.0 Å². The SMILES string of the molecule is COc1cccc(CN(C(=O)CCCSc2ccc(Cl)cc2)[C@@H](Cc2ccccc2)C(=O)NCC(C)C)c1. The highest BCUT2D eigenvalue weighted by atomic mass is 35.5. The van der Waals surface area contributed by atoms with Crippen LogP contribution < -0.4 is 10.1 Å². The van der Waals surface area contributed by atoms with Gasteiger partial charge in [-0.25, -0.2) is 0 Å². The van der Waals surface area contributed by atoms with Crippen LogP contribution in [0.3, 0.4) is 0 Å². The van der Waals surface area contributed by atoms with Crippen molar-refractivity contribution in [3.8, 4) is 5.75 Å². The van der Waals surface area contributed by atoms with Gasteiger partial charge in [-0.05, 0) is 65.6 Å². The fraction of sp³-hybridized carbons (Fsp3) is 0.355. The second-order valence-electron chi connectivity index (χ2n) is 9.62. The van der Waals surface area contributed by atoms with Gasteiger partial charge in [-0.3, -0.25) is 9.59 Å². The molecule has 3 aromatic carbocycles. The number of carbonyl (C=O) groups excluding carboxylic acids is 2. The maximum Gasteiger partial charge on any atom is 0.243 e. The van der Waals surface area contributed by atoms with Gasteiger partial charge in [0.2, 0.25) is 11.8 Å². The molecule has 0 unspecified atom stereocenters. The van der Waals surface area contributed by atoms with Crippen molar-refractivity contribution < 1.29 is 14.3 Å². The van der Waals surface area contributed by atoms with Crippen LogP contribution in [0.15, 0.2) is 83.8 Å². The van der Waals surface area contributed by atoms with Gasteiger partial charge in [0.05, 0.1) is 7.11 Å². The lowest BCUT2D eigenvalue weighted by atomic mass is 10.0. The first-order valence-corrected chi connectivity index (χ1v) is 14.3. The van der Waals surface area contributed by atoms with E-state index in [-0.39, 0.29) is 11.8 Å². The molecule has 0 saturated carbocycles. The summed E-state index contributed by atoms with van der Waals surface area (Å²) in [6, 6.07) is 24.6. The van der Waals surface area contributed by atoms with Crippen molar-refractivity contribution >= 4 is 35.2 Å². The molecule has 3 rings (SSSR count). The largest absolute Gasteiger partial charge is 0.497 e. The highest BCUT2D eigenvalue weighted by molar-refractivity contribution is 7.99. The molecule has 202 valence electrons. The van der Waals surface area contributed by atoms with Crippen LogP contribution in [0, 0.1) is 5.92 Å². The lowest BCUT2D eigenvalue weighted by Crippen LogP contribution is -2.51. The van der Waals surface area contributed by atoms with E-state index in [9.17, 15) is 9.59 Å². The third-order valence-electron chi connectivity index (χ3n) is 6.06. The Hall–Kier alpha value is -2.96. The van der Waals surface area contributed by atoms with Crippen molar-refractivity contribution in [1.82, 2.24) is 10.2 Å². The summed E-state index contributed by atoms with van der Waals surface area (Å²) in [6.45, 7) is 5.00. The third-order valence-corrected chi connectivity index (χ3v) is 7.41. The number of nitrogens with one attached hydrogen (secondary N) is 1. The number of thioether (sulfide) groups is 1. The topological polar surface area (TPSA) is 58.6 Å². The summed E-state index contributed by atoms with van der Waals surface area (Å²) >= 11 is 7.68. The number of hydrogen-bond donors (Lipinski definition) is 1. The molecule has 0 saturated heterocycles. The van der Waals surface area contributed by atoms with Gasteiger partial charge in [0.1, 0.15) is 11.8 Å². The fourth-order valence-electron chi connectivity index (χ4n) is 4.03. The number of carbonyl (C=O) groups is 2. The minimum absolute atomic E-state index is 0.0369. The number of methoxy groups -OCH3 is 1. The van der Waals surface area contributed by atoms with Gasteiger partial charge in [-0.1, -0.05) is 67.9 Å². The molecule has 0 aliphatic carbocycles. The van der Waals surface area contributed by atoms with Crippen molar-refractivity contribution in [1.29, 1.82) is 0 Å². The van der Waals surface area contributed by atoms with Crippen molar-refractivity contribution in [3.63, 3.8) is 0 Å². The van der Waals surface area contributed by atoms with Crippen LogP contribution in [0.1, 0.15) is 37.8 Å². The van der Waals surface area contributed by atoms with Gasteiger partial charge in [0.25, 0.3) is 0 Å². The summed E-state index contributed by atoms with van der Waals surface area (Å²) in [5, 5.41) is 3.77. The molecule has 38 heavy (non-hydrogen) atoms. The maximum absolute atomic E-state index is 13.7. The minimum atomic E-state index is -0.626. The van der Waals surface area contributed by atoms with Crippen molar-refractivity contribution in [3.05, 3.63) is 95.0 Å². The first-order valence-electron chi connectivity index (χ1n) is 13.0. The zero-order valence-corrected chi connectivity index (χ0v) is 23.9. The number of nitrogens with zero attached hydrogens (tertiary/aromatic N) is 1. The molecule has 7 heteroatoms. The molecule has 0 heterocycles. The van der Waals surface area contributed by atoms with Gasteiger partial charge in [-0.2, -0.15) is 0 Å². The number of halogens is 1. The average Bonchev–Trinajstić information content (AvgIpc) is 2.93. The summed E-state index contributed by atoms with van der Waals surface area (Å²) in [6.07, 6.45) is 1.50. The van der Waals surface area contributed by atoms with E-state index in [0.29, 0.717) is 43.3 Å². The van der Waals surface area contributed by atoms with Crippen LogP contribution in [0.2, 0.25) is 5.02 Å². The first-order chi connectivity index (χ1) is 18.4. The standard InChI is InChI=1S/C31H37ClN2O3S/c1-23(2)21-33-31(36)29(20-24-9-5-4-6-10-24)34(22-25-11-7-12-27(19-25)37-3)30(35)13-8-18-38-28-16-14-26(32)15-17-28/h4-7,9-12,14-17,19,23,29H,8,13,18,20-22H2,1-3H3,(H,33,36)/t29-/m0/s1. The molecule has 0 bridgehead atoms. The van der Waals surface area contributed by atoms with Crippen LogP contribution in [-0.4, -0.2) is 42.2 Å². The predicted molar refractivity (Wildman–Crippen MR) is 157 cm³/mol. The Morgan fingerprint density at radius 2 is 1.68 bits per heavy atom. The van der Waals surface area contributed by atoms with Crippen LogP contribution in [-0.2, 0) is 22.6 Å². The number of benzene rings is 3. The molecule has 0 fully saturated rings. The average molecular weight is 553 g/mol. The van der Waals surface area contributed by atoms with E-state index in [1.54, 1.807) is 23.8 Å². The van der Waals surface area contributed by atoms with Gasteiger partial charge in [0.15, 0.2) is 0 Å². The Morgan fingerprint density at radius 3 is 2.37 bits per heavy atom. The normalized spacial score (nSPS) is 11.7. The van der Waals surface area contributed by atoms with E-state index < -0.39 is 6.04 Å². The molecule has 1 atom stereocenters. The number of ether oxygens (including phenoxy) is 1. The Kier molecular flexibility index (Phi) is 12.0. The Labute approximate surface area is 235 Å². The molecule has 0 aromatic heterocycles. The molecule has 3 aromatic rings. The van der Waals surface area contributed by atoms with Crippen molar-refractivity contribution in [2.45, 2.75) is 50.6 Å². The smallest absolute Gasteiger partial charge is 0.243 e. The summed E-state index contributed by atoms with van der Waals surface area (Å²) in [5.74, 6) is 1.66. The Morgan fingerprint density at radius 1 is 0.974 bits per heavy atom. The van der Waals surface area contributed by atoms with E-state index in [4.69, 9.17) is 16.3 Å². The van der Waals surface area contributed by atoms with Gasteiger partial charge in [0, 0.05) is 35.8 Å². The highest BCUT2D eigenvalue weighted by Gasteiger charge is 2.30. The van der Waals surface area contributed by atoms with E-state index >= 15 is 0 Å². The van der Waals surface area contributed by atoms with Crippen LogP contribution in [0.5, 0.6) is 5.75 Å². The molecule has 0 aliphatic rings. The molecule has 0 spiro atoms. The Bertz CT molecular complexity index is 1160. The quantitative estimate of drug-likeness (QED) is 0.180. The number of amides is 2. The molecule has 5 nitrogen and oxygen atoms in total. The van der Waals surface area contributed by atoms with Gasteiger partial charge in [-0.15, -0.1) is 11.8 Å². The fourth-order valence-corrected chi connectivity index (χ4v) is 5.01. The molecule has 0 radical (unpaired) electrons. The molecule has 0 aliphatic heterocycles. The monoisotopic (exact) mass is 552 g/mol. The van der Waals surface area contributed by atoms with Gasteiger partial charge >= 0.3 is 0 Å². The first kappa shape index (κ1) is 29.6. The molecular weight excluding hydrogens is 516 g/mol. The summed E-state index contributed by atoms with van der Waals surface area (Å²) in [4.78, 5) is 30.1. The maximum atomic E-state index is 13.7. The predicted octanol–water partition coefficient (Wildman–Crippen LogP) is 6.63. The Balaban J connectivity index is 1.80. The van der Waals surface area contributed by atoms with E-state index in [2.05, 4.69) is 19.2 Å². The van der Waals surface area contributed by atoms with E-state index in [0.717, 1.165) is 27.5 Å². The summed E-state index contributed by atoms with van der Waals surface area (Å²) in [5.41, 5.74) is 1.93. The molecule has 2 amide bonds. The summed E-state index contributed by atoms with van der Waals surface area (Å²) < 4.78 is 5.40. The highest BCUT2D eigenvalue weighted by Crippen LogP contribution is 2.23. The van der Waals surface area contributed by atoms with Crippen LogP contribution in [0.25, 0.3) is 0 Å². The second kappa shape index (κ2) is 15.5. The second-order valence-corrected chi connectivity index (χ2v) is 11.2. The zero-order valence-electron chi connectivity index (χ0n) is 22.4. The van der Waals surface area contributed by atoms with Crippen molar-refractivity contribution in [2.24, 2.45) is 5.92 Å². The van der Waals surface area contributed by atoms with Crippen molar-refractivity contribution in [2.75, 3.05) is 19.4 Å². The lowest BCUT2D eigenvalue weighted by molar-refractivity contribution is -0.141. The summed E-state index contributed by atoms with van der Waals surface area (Å²) in [7, 11) is 1.62. The minimum Gasteiger partial charge on any atom is -0.497 e. The molecular formula is C31H37ClN2O3S. The molecule has 1 N–H and O–H groups in total. The van der Waals surface area contributed by atoms with E-state index in [1.807, 2.05) is 78.9 Å². The number of hydrogen-bond acceptors (Lipinski definition) is 4.